The molecule has 0 aliphatic rings. The summed E-state index contributed by atoms with van der Waals surface area (Å²) in [7, 11) is 0. The number of nitrogens with one attached hydrogen (secondary N) is 1. The van der Waals surface area contributed by atoms with Gasteiger partial charge in [-0.1, -0.05) is 32.4 Å². The second kappa shape index (κ2) is 7.47. The molecule has 0 spiro atoms. The number of amides is 1. The normalized spacial score (nSPS) is 13.6. The molecular weight excluding hydrogens is 357 g/mol. The largest absolute Gasteiger partial charge is 0.480 e. The van der Waals surface area contributed by atoms with Gasteiger partial charge in [0.25, 0.3) is 0 Å². The molecule has 1 aromatic rings. The minimum atomic E-state index is -0.981. The lowest BCUT2D eigenvalue weighted by Gasteiger charge is -2.20. The van der Waals surface area contributed by atoms with E-state index in [2.05, 4.69) is 27.9 Å². The van der Waals surface area contributed by atoms with Crippen LogP contribution < -0.4 is 5.32 Å². The molecule has 4 nitrogen and oxygen atoms in total. The number of halogens is 1. The van der Waals surface area contributed by atoms with Crippen molar-refractivity contribution < 1.29 is 14.7 Å². The van der Waals surface area contributed by atoms with Crippen molar-refractivity contribution in [1.29, 1.82) is 0 Å². The van der Waals surface area contributed by atoms with Crippen LogP contribution in [0.2, 0.25) is 0 Å². The van der Waals surface area contributed by atoms with Gasteiger partial charge in [-0.2, -0.15) is 0 Å². The summed E-state index contributed by atoms with van der Waals surface area (Å²) in [5, 5.41) is 11.7. The summed E-state index contributed by atoms with van der Waals surface area (Å²) in [6, 6.07) is 6.78. The van der Waals surface area contributed by atoms with Crippen LogP contribution in [0.15, 0.2) is 24.3 Å². The van der Waals surface area contributed by atoms with E-state index in [4.69, 9.17) is 5.11 Å². The number of carboxylic acid groups (broad SMARTS) is 1. The molecule has 0 saturated heterocycles. The number of aliphatic carboxylic acids is 1. The number of hydrogen-bond acceptors (Lipinski definition) is 2. The van der Waals surface area contributed by atoms with Crippen LogP contribution in [0, 0.1) is 9.49 Å². The van der Waals surface area contributed by atoms with E-state index in [9.17, 15) is 9.59 Å². The lowest BCUT2D eigenvalue weighted by molar-refractivity contribution is -0.143. The third kappa shape index (κ3) is 5.18. The van der Waals surface area contributed by atoms with Crippen LogP contribution in [0.4, 0.5) is 0 Å². The van der Waals surface area contributed by atoms with E-state index >= 15 is 0 Å². The minimum Gasteiger partial charge on any atom is -0.480 e. The lowest BCUT2D eigenvalue weighted by Crippen LogP contribution is -2.45. The van der Waals surface area contributed by atoms with Gasteiger partial charge in [0.05, 0.1) is 6.42 Å². The van der Waals surface area contributed by atoms with E-state index in [1.54, 1.807) is 0 Å². The van der Waals surface area contributed by atoms with Crippen molar-refractivity contribution in [3.05, 3.63) is 33.4 Å². The molecule has 0 unspecified atom stereocenters. The third-order valence-corrected chi connectivity index (χ3v) is 3.79. The highest BCUT2D eigenvalue weighted by molar-refractivity contribution is 14.1. The second-order valence-electron chi connectivity index (χ2n) is 4.57. The summed E-state index contributed by atoms with van der Waals surface area (Å²) >= 11 is 2.19. The summed E-state index contributed by atoms with van der Waals surface area (Å²) in [4.78, 5) is 23.0. The van der Waals surface area contributed by atoms with Gasteiger partial charge in [-0.05, 0) is 46.2 Å². The Kier molecular flexibility index (Phi) is 6.27. The van der Waals surface area contributed by atoms with Crippen LogP contribution in [0.1, 0.15) is 25.8 Å². The van der Waals surface area contributed by atoms with Gasteiger partial charge in [0, 0.05) is 3.57 Å². The van der Waals surface area contributed by atoms with Crippen LogP contribution in [-0.2, 0) is 16.0 Å². The standard InChI is InChI=1S/C14H18INO3/c1-3-9(2)13(14(18)19)16-12(17)8-10-4-6-11(15)7-5-10/h4-7,9,13H,3,8H2,1-2H3,(H,16,17)(H,18,19)/t9-,13-/m0/s1. The second-order valence-corrected chi connectivity index (χ2v) is 5.82. The Hall–Kier alpha value is -1.11. The van der Waals surface area contributed by atoms with Crippen molar-refractivity contribution in [1.82, 2.24) is 5.32 Å². The molecule has 5 heteroatoms. The molecule has 0 saturated carbocycles. The molecule has 0 aliphatic carbocycles. The Morgan fingerprint density at radius 3 is 2.37 bits per heavy atom. The first-order chi connectivity index (χ1) is 8.93. The minimum absolute atomic E-state index is 0.0850. The van der Waals surface area contributed by atoms with Gasteiger partial charge in [0.15, 0.2) is 0 Å². The molecule has 0 fully saturated rings. The highest BCUT2D eigenvalue weighted by Crippen LogP contribution is 2.10. The van der Waals surface area contributed by atoms with Gasteiger partial charge in [-0.3, -0.25) is 4.79 Å². The van der Waals surface area contributed by atoms with Gasteiger partial charge in [-0.15, -0.1) is 0 Å². The van der Waals surface area contributed by atoms with Crippen molar-refractivity contribution in [3.63, 3.8) is 0 Å². The van der Waals surface area contributed by atoms with Crippen molar-refractivity contribution in [3.8, 4) is 0 Å². The molecule has 0 aliphatic heterocycles. The number of benzene rings is 1. The molecule has 0 heterocycles. The molecule has 0 radical (unpaired) electrons. The van der Waals surface area contributed by atoms with Crippen LogP contribution in [0.3, 0.4) is 0 Å². The van der Waals surface area contributed by atoms with Gasteiger partial charge in [0.1, 0.15) is 6.04 Å². The molecular formula is C14H18INO3. The van der Waals surface area contributed by atoms with E-state index < -0.39 is 12.0 Å². The van der Waals surface area contributed by atoms with E-state index in [1.165, 1.54) is 0 Å². The van der Waals surface area contributed by atoms with Crippen molar-refractivity contribution >= 4 is 34.5 Å². The molecule has 0 bridgehead atoms. The van der Waals surface area contributed by atoms with Crippen LogP contribution in [0.5, 0.6) is 0 Å². The van der Waals surface area contributed by atoms with Crippen molar-refractivity contribution in [2.24, 2.45) is 5.92 Å². The topological polar surface area (TPSA) is 66.4 Å². The first kappa shape index (κ1) is 15.9. The summed E-state index contributed by atoms with van der Waals surface area (Å²) in [5.41, 5.74) is 0.881. The lowest BCUT2D eigenvalue weighted by atomic mass is 9.99. The highest BCUT2D eigenvalue weighted by atomic mass is 127. The SMILES string of the molecule is CC[C@H](C)[C@H](NC(=O)Cc1ccc(I)cc1)C(=O)O. The Morgan fingerprint density at radius 2 is 1.89 bits per heavy atom. The molecule has 2 N–H and O–H groups in total. The number of hydrogen-bond donors (Lipinski definition) is 2. The number of carbonyl (C=O) groups is 2. The molecule has 104 valence electrons. The Balaban J connectivity index is 2.62. The zero-order valence-electron chi connectivity index (χ0n) is 11.0. The smallest absolute Gasteiger partial charge is 0.326 e. The average molecular weight is 375 g/mol. The fourth-order valence-corrected chi connectivity index (χ4v) is 2.05. The maximum atomic E-state index is 11.9. The van der Waals surface area contributed by atoms with E-state index in [0.717, 1.165) is 9.13 Å². The molecule has 19 heavy (non-hydrogen) atoms. The molecule has 1 aromatic carbocycles. The highest BCUT2D eigenvalue weighted by Gasteiger charge is 2.25. The third-order valence-electron chi connectivity index (χ3n) is 3.07. The Bertz CT molecular complexity index is 445. The van der Waals surface area contributed by atoms with Gasteiger partial charge < -0.3 is 10.4 Å². The zero-order chi connectivity index (χ0) is 14.4. The fraction of sp³-hybridized carbons (Fsp3) is 0.429. The van der Waals surface area contributed by atoms with Gasteiger partial charge in [0.2, 0.25) is 5.91 Å². The summed E-state index contributed by atoms with van der Waals surface area (Å²) in [6.07, 6.45) is 0.915. The van der Waals surface area contributed by atoms with E-state index in [-0.39, 0.29) is 18.2 Å². The monoisotopic (exact) mass is 375 g/mol. The first-order valence-electron chi connectivity index (χ1n) is 6.20. The predicted octanol–water partition coefficient (Wildman–Crippen LogP) is 2.45. The predicted molar refractivity (Wildman–Crippen MR) is 81.9 cm³/mol. The fourth-order valence-electron chi connectivity index (χ4n) is 1.70. The molecule has 1 amide bonds. The van der Waals surface area contributed by atoms with E-state index in [1.807, 2.05) is 38.1 Å². The summed E-state index contributed by atoms with van der Waals surface area (Å²) in [6.45, 7) is 3.73. The summed E-state index contributed by atoms with van der Waals surface area (Å²) < 4.78 is 1.10. The molecule has 2 atom stereocenters. The first-order valence-corrected chi connectivity index (χ1v) is 7.28. The Labute approximate surface area is 126 Å². The maximum Gasteiger partial charge on any atom is 0.326 e. The molecule has 1 rings (SSSR count). The van der Waals surface area contributed by atoms with Crippen molar-refractivity contribution in [2.45, 2.75) is 32.7 Å². The zero-order valence-corrected chi connectivity index (χ0v) is 13.2. The Morgan fingerprint density at radius 1 is 1.32 bits per heavy atom. The summed E-state index contributed by atoms with van der Waals surface area (Å²) in [5.74, 6) is -1.32. The molecule has 0 aromatic heterocycles. The van der Waals surface area contributed by atoms with Gasteiger partial charge >= 0.3 is 5.97 Å². The number of carboxylic acids is 1. The van der Waals surface area contributed by atoms with Crippen molar-refractivity contribution in [2.75, 3.05) is 0 Å². The maximum absolute atomic E-state index is 11.9. The van der Waals surface area contributed by atoms with Crippen LogP contribution >= 0.6 is 22.6 Å². The number of rotatable bonds is 6. The quantitative estimate of drug-likeness (QED) is 0.751. The van der Waals surface area contributed by atoms with Crippen LogP contribution in [-0.4, -0.2) is 23.0 Å². The average Bonchev–Trinajstić information content (AvgIpc) is 2.37. The van der Waals surface area contributed by atoms with Gasteiger partial charge in [-0.25, -0.2) is 4.79 Å². The number of carbonyl (C=O) groups excluding carboxylic acids is 1. The van der Waals surface area contributed by atoms with E-state index in [0.29, 0.717) is 6.42 Å². The van der Waals surface area contributed by atoms with Crippen LogP contribution in [0.25, 0.3) is 0 Å².